The molecule has 5 heteroatoms. The van der Waals surface area contributed by atoms with Gasteiger partial charge in [-0.2, -0.15) is 0 Å². The molecule has 3 rings (SSSR count). The highest BCUT2D eigenvalue weighted by Gasteiger charge is 2.47. The molecule has 2 aliphatic rings. The van der Waals surface area contributed by atoms with Crippen LogP contribution in [0, 0.1) is 0 Å². The molecule has 0 bridgehead atoms. The smallest absolute Gasteiger partial charge is 0.223 e. The van der Waals surface area contributed by atoms with Gasteiger partial charge >= 0.3 is 0 Å². The summed E-state index contributed by atoms with van der Waals surface area (Å²) in [5.74, 6) is 0.400. The van der Waals surface area contributed by atoms with Gasteiger partial charge in [0.15, 0.2) is 5.60 Å². The summed E-state index contributed by atoms with van der Waals surface area (Å²) in [6.45, 7) is 3.98. The van der Waals surface area contributed by atoms with Crippen molar-refractivity contribution in [2.45, 2.75) is 38.3 Å². The van der Waals surface area contributed by atoms with Crippen LogP contribution in [0.3, 0.4) is 0 Å². The van der Waals surface area contributed by atoms with Crippen molar-refractivity contribution < 1.29 is 19.1 Å². The van der Waals surface area contributed by atoms with Gasteiger partial charge in [-0.1, -0.05) is 0 Å². The second kappa shape index (κ2) is 4.69. The van der Waals surface area contributed by atoms with Crippen molar-refractivity contribution in [1.82, 2.24) is 4.90 Å². The van der Waals surface area contributed by atoms with E-state index in [9.17, 15) is 14.4 Å². The van der Waals surface area contributed by atoms with Gasteiger partial charge in [0.1, 0.15) is 18.1 Å². The van der Waals surface area contributed by atoms with Gasteiger partial charge in [0, 0.05) is 24.1 Å². The number of rotatable bonds is 2. The lowest BCUT2D eigenvalue weighted by Gasteiger charge is -2.39. The molecule has 0 saturated carbocycles. The molecule has 0 N–H and O–H groups in total. The molecule has 0 aromatic heterocycles. The first-order valence-electron chi connectivity index (χ1n) is 7.06. The number of amides is 1. The summed E-state index contributed by atoms with van der Waals surface area (Å²) in [6, 6.07) is 4.34. The Balaban J connectivity index is 2.14. The molecule has 1 unspecified atom stereocenters. The number of carbonyl (C=O) groups is 3. The van der Waals surface area contributed by atoms with Crippen LogP contribution in [0.15, 0.2) is 18.2 Å². The van der Waals surface area contributed by atoms with E-state index in [4.69, 9.17) is 4.74 Å². The number of ketones is 1. The number of hydrogen-bond donors (Lipinski definition) is 0. The SMILES string of the molecule is CC1(C)Oc2ccc(C=O)cc2C(N2CCCC2=O)C1=O. The molecule has 0 spiro atoms. The third kappa shape index (κ3) is 2.13. The molecular formula is C16H17NO4. The zero-order chi connectivity index (χ0) is 15.2. The van der Waals surface area contributed by atoms with E-state index in [2.05, 4.69) is 0 Å². The molecule has 1 fully saturated rings. The summed E-state index contributed by atoms with van der Waals surface area (Å²) in [6.07, 6.45) is 1.95. The van der Waals surface area contributed by atoms with Crippen LogP contribution in [0.5, 0.6) is 5.75 Å². The van der Waals surface area contributed by atoms with Crippen molar-refractivity contribution in [3.05, 3.63) is 29.3 Å². The Morgan fingerprint density at radius 3 is 2.71 bits per heavy atom. The van der Waals surface area contributed by atoms with E-state index >= 15 is 0 Å². The van der Waals surface area contributed by atoms with Gasteiger partial charge in [-0.3, -0.25) is 14.4 Å². The minimum atomic E-state index is -0.983. The fraction of sp³-hybridized carbons (Fsp3) is 0.438. The quantitative estimate of drug-likeness (QED) is 0.779. The van der Waals surface area contributed by atoms with Gasteiger partial charge in [0.05, 0.1) is 0 Å². The number of fused-ring (bicyclic) bond motifs is 1. The fourth-order valence-electron chi connectivity index (χ4n) is 2.99. The molecular weight excluding hydrogens is 270 g/mol. The molecule has 0 aliphatic carbocycles. The first-order valence-corrected chi connectivity index (χ1v) is 7.06. The van der Waals surface area contributed by atoms with Gasteiger partial charge in [-0.05, 0) is 38.5 Å². The summed E-state index contributed by atoms with van der Waals surface area (Å²) >= 11 is 0. The Labute approximate surface area is 122 Å². The van der Waals surface area contributed by atoms with Crippen molar-refractivity contribution in [3.8, 4) is 5.75 Å². The normalized spacial score (nSPS) is 23.7. The van der Waals surface area contributed by atoms with Crippen molar-refractivity contribution in [3.63, 3.8) is 0 Å². The van der Waals surface area contributed by atoms with Crippen molar-refractivity contribution in [2.75, 3.05) is 6.54 Å². The molecule has 21 heavy (non-hydrogen) atoms. The van der Waals surface area contributed by atoms with Gasteiger partial charge < -0.3 is 9.64 Å². The Hall–Kier alpha value is -2.17. The number of likely N-dealkylation sites (tertiary alicyclic amines) is 1. The lowest BCUT2D eigenvalue weighted by molar-refractivity contribution is -0.146. The monoisotopic (exact) mass is 287 g/mol. The maximum absolute atomic E-state index is 12.7. The highest BCUT2D eigenvalue weighted by molar-refractivity contribution is 5.98. The summed E-state index contributed by atoms with van der Waals surface area (Å²) in [4.78, 5) is 37.4. The van der Waals surface area contributed by atoms with Crippen LogP contribution < -0.4 is 4.74 Å². The molecule has 1 aromatic rings. The highest BCUT2D eigenvalue weighted by Crippen LogP contribution is 2.41. The van der Waals surface area contributed by atoms with Crippen molar-refractivity contribution in [1.29, 1.82) is 0 Å². The molecule has 2 heterocycles. The van der Waals surface area contributed by atoms with Crippen LogP contribution in [0.25, 0.3) is 0 Å². The number of Topliss-reactive ketones (excluding diaryl/α,β-unsaturated/α-hetero) is 1. The molecule has 1 aromatic carbocycles. The Bertz CT molecular complexity index is 635. The molecule has 0 radical (unpaired) electrons. The van der Waals surface area contributed by atoms with E-state index in [1.165, 1.54) is 0 Å². The van der Waals surface area contributed by atoms with Crippen LogP contribution in [0.1, 0.15) is 48.7 Å². The van der Waals surface area contributed by atoms with Crippen molar-refractivity contribution in [2.24, 2.45) is 0 Å². The standard InChI is InChI=1S/C16H17NO4/c1-16(2)15(20)14(17-7-3-4-13(17)19)11-8-10(9-18)5-6-12(11)21-16/h5-6,8-9,14H,3-4,7H2,1-2H3. The van der Waals surface area contributed by atoms with E-state index in [1.54, 1.807) is 36.9 Å². The summed E-state index contributed by atoms with van der Waals surface area (Å²) in [5, 5.41) is 0. The first-order chi connectivity index (χ1) is 9.94. The van der Waals surface area contributed by atoms with Crippen LogP contribution >= 0.6 is 0 Å². The summed E-state index contributed by atoms with van der Waals surface area (Å²) in [5.41, 5.74) is 0.101. The van der Waals surface area contributed by atoms with Crippen LogP contribution in [-0.4, -0.2) is 35.0 Å². The lowest BCUT2D eigenvalue weighted by Crippen LogP contribution is -2.50. The molecule has 5 nitrogen and oxygen atoms in total. The number of benzene rings is 1. The largest absolute Gasteiger partial charge is 0.480 e. The maximum atomic E-state index is 12.7. The van der Waals surface area contributed by atoms with E-state index in [1.807, 2.05) is 0 Å². The zero-order valence-corrected chi connectivity index (χ0v) is 12.1. The van der Waals surface area contributed by atoms with Gasteiger partial charge in [-0.25, -0.2) is 0 Å². The highest BCUT2D eigenvalue weighted by atomic mass is 16.5. The predicted molar refractivity (Wildman–Crippen MR) is 75.2 cm³/mol. The fourth-order valence-corrected chi connectivity index (χ4v) is 2.99. The average molecular weight is 287 g/mol. The van der Waals surface area contributed by atoms with Gasteiger partial charge in [-0.15, -0.1) is 0 Å². The number of nitrogens with zero attached hydrogens (tertiary/aromatic N) is 1. The topological polar surface area (TPSA) is 63.7 Å². The van der Waals surface area contributed by atoms with Gasteiger partial charge in [0.2, 0.25) is 11.7 Å². The van der Waals surface area contributed by atoms with Crippen molar-refractivity contribution >= 4 is 18.0 Å². The van der Waals surface area contributed by atoms with Crippen LogP contribution in [0.4, 0.5) is 0 Å². The minimum Gasteiger partial charge on any atom is -0.480 e. The average Bonchev–Trinajstić information content (AvgIpc) is 2.86. The Kier molecular flexibility index (Phi) is 3.08. The lowest BCUT2D eigenvalue weighted by atomic mass is 9.86. The van der Waals surface area contributed by atoms with Gasteiger partial charge in [0.25, 0.3) is 0 Å². The third-order valence-corrected chi connectivity index (χ3v) is 4.09. The predicted octanol–water partition coefficient (Wildman–Crippen LogP) is 1.90. The second-order valence-electron chi connectivity index (χ2n) is 5.98. The molecule has 2 aliphatic heterocycles. The number of carbonyl (C=O) groups excluding carboxylic acids is 3. The van der Waals surface area contributed by atoms with Crippen LogP contribution in [-0.2, 0) is 9.59 Å². The zero-order valence-electron chi connectivity index (χ0n) is 12.1. The van der Waals surface area contributed by atoms with Crippen LogP contribution in [0.2, 0.25) is 0 Å². The molecule has 1 atom stereocenters. The minimum absolute atomic E-state index is 0.0199. The number of ether oxygens (including phenoxy) is 1. The third-order valence-electron chi connectivity index (χ3n) is 4.09. The summed E-state index contributed by atoms with van der Waals surface area (Å²) in [7, 11) is 0. The number of hydrogen-bond acceptors (Lipinski definition) is 4. The van der Waals surface area contributed by atoms with E-state index in [0.717, 1.165) is 12.7 Å². The summed E-state index contributed by atoms with van der Waals surface area (Å²) < 4.78 is 5.75. The maximum Gasteiger partial charge on any atom is 0.223 e. The molecule has 1 saturated heterocycles. The number of aldehydes is 1. The van der Waals surface area contributed by atoms with E-state index in [-0.39, 0.29) is 11.7 Å². The molecule has 110 valence electrons. The second-order valence-corrected chi connectivity index (χ2v) is 5.98. The Morgan fingerprint density at radius 2 is 2.10 bits per heavy atom. The Morgan fingerprint density at radius 1 is 1.33 bits per heavy atom. The molecule has 1 amide bonds. The van der Waals surface area contributed by atoms with E-state index < -0.39 is 11.6 Å². The first kappa shape index (κ1) is 13.8. The van der Waals surface area contributed by atoms with E-state index in [0.29, 0.717) is 29.8 Å².